The van der Waals surface area contributed by atoms with E-state index >= 15 is 0 Å². The van der Waals surface area contributed by atoms with Crippen molar-refractivity contribution in [2.24, 2.45) is 0 Å². The summed E-state index contributed by atoms with van der Waals surface area (Å²) in [6.07, 6.45) is -0.0699. The molecular weight excluding hydrogens is 364 g/mol. The van der Waals surface area contributed by atoms with Gasteiger partial charge in [0.15, 0.2) is 5.58 Å². The summed E-state index contributed by atoms with van der Waals surface area (Å²) in [5.74, 6) is -1.66. The summed E-state index contributed by atoms with van der Waals surface area (Å²) in [6, 6.07) is 9.73. The second-order valence-electron chi connectivity index (χ2n) is 6.10. The molecule has 3 rings (SSSR count). The van der Waals surface area contributed by atoms with E-state index in [-0.39, 0.29) is 23.2 Å². The SMILES string of the molecule is COC(=O)c1ccc(C(=O)OC)c(NC(=O)Cc2noc3ccc(C)cc23)c1. The molecule has 8 heteroatoms. The maximum absolute atomic E-state index is 12.6. The summed E-state index contributed by atoms with van der Waals surface area (Å²) in [7, 11) is 2.47. The van der Waals surface area contributed by atoms with E-state index in [2.05, 4.69) is 15.2 Å². The molecule has 1 N–H and O–H groups in total. The number of hydrogen-bond acceptors (Lipinski definition) is 7. The van der Waals surface area contributed by atoms with Gasteiger partial charge in [-0.3, -0.25) is 4.79 Å². The van der Waals surface area contributed by atoms with Crippen LogP contribution in [0.4, 0.5) is 5.69 Å². The lowest BCUT2D eigenvalue weighted by Gasteiger charge is -2.11. The number of hydrogen-bond donors (Lipinski definition) is 1. The van der Waals surface area contributed by atoms with Gasteiger partial charge in [-0.05, 0) is 37.3 Å². The Kier molecular flexibility index (Phi) is 5.39. The van der Waals surface area contributed by atoms with Crippen molar-refractivity contribution in [1.29, 1.82) is 0 Å². The molecule has 0 aliphatic carbocycles. The van der Waals surface area contributed by atoms with E-state index in [9.17, 15) is 14.4 Å². The Morgan fingerprint density at radius 3 is 2.50 bits per heavy atom. The van der Waals surface area contributed by atoms with Gasteiger partial charge in [-0.1, -0.05) is 16.8 Å². The number of carbonyl (C=O) groups excluding carboxylic acids is 3. The lowest BCUT2D eigenvalue weighted by atomic mass is 10.1. The number of aryl methyl sites for hydroxylation is 1. The van der Waals surface area contributed by atoms with Crippen molar-refractivity contribution < 1.29 is 28.4 Å². The molecule has 28 heavy (non-hydrogen) atoms. The minimum atomic E-state index is -0.644. The average molecular weight is 382 g/mol. The van der Waals surface area contributed by atoms with Gasteiger partial charge in [0.25, 0.3) is 0 Å². The molecule has 0 fully saturated rings. The van der Waals surface area contributed by atoms with E-state index in [1.165, 1.54) is 32.4 Å². The van der Waals surface area contributed by atoms with Gasteiger partial charge in [-0.2, -0.15) is 0 Å². The minimum absolute atomic E-state index is 0.0699. The van der Waals surface area contributed by atoms with E-state index < -0.39 is 17.8 Å². The third-order valence-corrected chi connectivity index (χ3v) is 4.15. The van der Waals surface area contributed by atoms with Gasteiger partial charge in [0.1, 0.15) is 5.69 Å². The first kappa shape index (κ1) is 19.1. The Morgan fingerprint density at radius 2 is 1.79 bits per heavy atom. The number of nitrogens with zero attached hydrogens (tertiary/aromatic N) is 1. The Balaban J connectivity index is 1.88. The molecule has 0 spiro atoms. The normalized spacial score (nSPS) is 10.5. The molecule has 0 saturated carbocycles. The molecule has 0 atom stereocenters. The summed E-state index contributed by atoms with van der Waals surface area (Å²) in [4.78, 5) is 36.3. The van der Waals surface area contributed by atoms with Gasteiger partial charge < -0.3 is 19.3 Å². The number of rotatable bonds is 5. The largest absolute Gasteiger partial charge is 0.465 e. The molecule has 0 saturated heterocycles. The smallest absolute Gasteiger partial charge is 0.339 e. The number of nitrogens with one attached hydrogen (secondary N) is 1. The highest BCUT2D eigenvalue weighted by Crippen LogP contribution is 2.23. The molecule has 0 radical (unpaired) electrons. The zero-order valence-corrected chi connectivity index (χ0v) is 15.6. The summed E-state index contributed by atoms with van der Waals surface area (Å²) in [5.41, 5.74) is 2.51. The van der Waals surface area contributed by atoms with E-state index in [0.717, 1.165) is 10.9 Å². The van der Waals surface area contributed by atoms with Crippen molar-refractivity contribution >= 4 is 34.5 Å². The van der Waals surface area contributed by atoms with Crippen molar-refractivity contribution in [1.82, 2.24) is 5.16 Å². The zero-order chi connectivity index (χ0) is 20.3. The molecule has 1 aromatic heterocycles. The van der Waals surface area contributed by atoms with E-state index in [1.807, 2.05) is 19.1 Å². The van der Waals surface area contributed by atoms with Crippen molar-refractivity contribution in [3.63, 3.8) is 0 Å². The van der Waals surface area contributed by atoms with Gasteiger partial charge in [0.05, 0.1) is 37.5 Å². The van der Waals surface area contributed by atoms with Crippen LogP contribution in [0.15, 0.2) is 40.9 Å². The number of anilines is 1. The van der Waals surface area contributed by atoms with Crippen molar-refractivity contribution in [2.45, 2.75) is 13.3 Å². The van der Waals surface area contributed by atoms with Crippen LogP contribution in [-0.2, 0) is 20.7 Å². The number of amides is 1. The topological polar surface area (TPSA) is 108 Å². The molecule has 0 aliphatic heterocycles. The first-order valence-corrected chi connectivity index (χ1v) is 8.38. The fourth-order valence-electron chi connectivity index (χ4n) is 2.76. The molecule has 0 unspecified atom stereocenters. The van der Waals surface area contributed by atoms with Gasteiger partial charge in [-0.15, -0.1) is 0 Å². The monoisotopic (exact) mass is 382 g/mol. The van der Waals surface area contributed by atoms with Crippen LogP contribution in [0.1, 0.15) is 32.0 Å². The minimum Gasteiger partial charge on any atom is -0.465 e. The summed E-state index contributed by atoms with van der Waals surface area (Å²) >= 11 is 0. The molecule has 0 aliphatic rings. The Labute approximate surface area is 160 Å². The summed E-state index contributed by atoms with van der Waals surface area (Å²) < 4.78 is 14.6. The van der Waals surface area contributed by atoms with Crippen molar-refractivity contribution in [2.75, 3.05) is 19.5 Å². The van der Waals surface area contributed by atoms with E-state index in [0.29, 0.717) is 11.3 Å². The molecule has 1 heterocycles. The van der Waals surface area contributed by atoms with E-state index in [1.54, 1.807) is 6.07 Å². The zero-order valence-electron chi connectivity index (χ0n) is 15.6. The Morgan fingerprint density at radius 1 is 1.04 bits per heavy atom. The molecule has 1 amide bonds. The number of carbonyl (C=O) groups is 3. The quantitative estimate of drug-likeness (QED) is 0.676. The lowest BCUT2D eigenvalue weighted by Crippen LogP contribution is -2.18. The molecular formula is C20H18N2O6. The maximum atomic E-state index is 12.6. The highest BCUT2D eigenvalue weighted by Gasteiger charge is 2.19. The second kappa shape index (κ2) is 7.91. The number of methoxy groups -OCH3 is 2. The van der Waals surface area contributed by atoms with Crippen LogP contribution in [0.25, 0.3) is 11.0 Å². The van der Waals surface area contributed by atoms with Crippen LogP contribution in [0.5, 0.6) is 0 Å². The van der Waals surface area contributed by atoms with Crippen LogP contribution in [0.2, 0.25) is 0 Å². The molecule has 2 aromatic carbocycles. The van der Waals surface area contributed by atoms with Gasteiger partial charge in [-0.25, -0.2) is 9.59 Å². The first-order valence-electron chi connectivity index (χ1n) is 8.38. The summed E-state index contributed by atoms with van der Waals surface area (Å²) in [6.45, 7) is 1.93. The van der Waals surface area contributed by atoms with E-state index in [4.69, 9.17) is 9.26 Å². The predicted octanol–water partition coefficient (Wildman–Crippen LogP) is 2.89. The average Bonchev–Trinajstić information content (AvgIpc) is 3.08. The highest BCUT2D eigenvalue weighted by molar-refractivity contribution is 6.04. The second-order valence-corrected chi connectivity index (χ2v) is 6.10. The highest BCUT2D eigenvalue weighted by atomic mass is 16.5. The number of esters is 2. The number of fused-ring (bicyclic) bond motifs is 1. The summed E-state index contributed by atoms with van der Waals surface area (Å²) in [5, 5.41) is 7.32. The standard InChI is InChI=1S/C20H18N2O6/c1-11-4-7-17-14(8-11)16(22-28-17)10-18(23)21-15-9-12(19(24)26-2)5-6-13(15)20(25)27-3/h4-9H,10H2,1-3H3,(H,21,23). The van der Waals surface area contributed by atoms with Crippen LogP contribution in [0, 0.1) is 6.92 Å². The van der Waals surface area contributed by atoms with Gasteiger partial charge in [0, 0.05) is 5.39 Å². The molecule has 144 valence electrons. The number of ether oxygens (including phenoxy) is 2. The Hall–Kier alpha value is -3.68. The maximum Gasteiger partial charge on any atom is 0.339 e. The molecule has 8 nitrogen and oxygen atoms in total. The number of aromatic nitrogens is 1. The first-order chi connectivity index (χ1) is 13.4. The fraction of sp³-hybridized carbons (Fsp3) is 0.200. The van der Waals surface area contributed by atoms with Gasteiger partial charge in [0.2, 0.25) is 5.91 Å². The third-order valence-electron chi connectivity index (χ3n) is 4.15. The van der Waals surface area contributed by atoms with Crippen molar-refractivity contribution in [3.05, 3.63) is 58.8 Å². The van der Waals surface area contributed by atoms with Crippen LogP contribution in [-0.4, -0.2) is 37.2 Å². The lowest BCUT2D eigenvalue weighted by molar-refractivity contribution is -0.115. The fourth-order valence-corrected chi connectivity index (χ4v) is 2.76. The third kappa shape index (κ3) is 3.85. The molecule has 3 aromatic rings. The number of benzene rings is 2. The molecule has 0 bridgehead atoms. The Bertz CT molecular complexity index is 1070. The predicted molar refractivity (Wildman–Crippen MR) is 100 cm³/mol. The van der Waals surface area contributed by atoms with Crippen LogP contribution >= 0.6 is 0 Å². The van der Waals surface area contributed by atoms with Gasteiger partial charge >= 0.3 is 11.9 Å². The van der Waals surface area contributed by atoms with Crippen LogP contribution in [0.3, 0.4) is 0 Å². The van der Waals surface area contributed by atoms with Crippen molar-refractivity contribution in [3.8, 4) is 0 Å². The van der Waals surface area contributed by atoms with Crippen LogP contribution < -0.4 is 5.32 Å².